The zero-order valence-electron chi connectivity index (χ0n) is 11.1. The SMILES string of the molecule is Cc1cc(C)c(-n2ccc(C(=O)O)c2C)c(C)c1. The molecule has 0 aliphatic carbocycles. The van der Waals surface area contributed by atoms with Gasteiger partial charge in [-0.3, -0.25) is 0 Å². The molecule has 0 bridgehead atoms. The van der Waals surface area contributed by atoms with E-state index < -0.39 is 5.97 Å². The number of carboxylic acids is 1. The molecule has 1 N–H and O–H groups in total. The van der Waals surface area contributed by atoms with Crippen molar-refractivity contribution in [2.45, 2.75) is 27.7 Å². The predicted molar refractivity (Wildman–Crippen MR) is 71.7 cm³/mol. The van der Waals surface area contributed by atoms with Gasteiger partial charge in [-0.05, 0) is 44.9 Å². The highest BCUT2D eigenvalue weighted by Gasteiger charge is 2.14. The van der Waals surface area contributed by atoms with Crippen LogP contribution in [0.2, 0.25) is 0 Å². The molecule has 0 saturated heterocycles. The fourth-order valence-corrected chi connectivity index (χ4v) is 2.53. The molecule has 18 heavy (non-hydrogen) atoms. The Hall–Kier alpha value is -2.03. The summed E-state index contributed by atoms with van der Waals surface area (Å²) < 4.78 is 1.95. The fourth-order valence-electron chi connectivity index (χ4n) is 2.53. The summed E-state index contributed by atoms with van der Waals surface area (Å²) in [6, 6.07) is 5.88. The van der Waals surface area contributed by atoms with E-state index in [0.29, 0.717) is 5.56 Å². The van der Waals surface area contributed by atoms with E-state index >= 15 is 0 Å². The highest BCUT2D eigenvalue weighted by molar-refractivity contribution is 5.89. The first-order valence-electron chi connectivity index (χ1n) is 5.91. The van der Waals surface area contributed by atoms with Crippen LogP contribution in [0.25, 0.3) is 5.69 Å². The number of rotatable bonds is 2. The molecule has 1 heterocycles. The number of carbonyl (C=O) groups is 1. The van der Waals surface area contributed by atoms with Crippen molar-refractivity contribution in [2.75, 3.05) is 0 Å². The first kappa shape index (κ1) is 12.4. The molecule has 0 saturated carbocycles. The van der Waals surface area contributed by atoms with Gasteiger partial charge in [0.1, 0.15) is 0 Å². The van der Waals surface area contributed by atoms with Gasteiger partial charge in [0, 0.05) is 11.9 Å². The summed E-state index contributed by atoms with van der Waals surface area (Å²) in [7, 11) is 0. The van der Waals surface area contributed by atoms with E-state index in [4.69, 9.17) is 5.11 Å². The maximum atomic E-state index is 11.1. The first-order chi connectivity index (χ1) is 8.41. The van der Waals surface area contributed by atoms with E-state index in [2.05, 4.69) is 32.9 Å². The number of hydrogen-bond donors (Lipinski definition) is 1. The first-order valence-corrected chi connectivity index (χ1v) is 5.91. The van der Waals surface area contributed by atoms with Crippen molar-refractivity contribution in [1.29, 1.82) is 0 Å². The van der Waals surface area contributed by atoms with Gasteiger partial charge < -0.3 is 9.67 Å². The molecule has 0 fully saturated rings. The Labute approximate surface area is 107 Å². The number of aryl methyl sites for hydroxylation is 3. The monoisotopic (exact) mass is 243 g/mol. The number of nitrogens with zero attached hydrogens (tertiary/aromatic N) is 1. The van der Waals surface area contributed by atoms with Crippen molar-refractivity contribution < 1.29 is 9.90 Å². The van der Waals surface area contributed by atoms with Gasteiger partial charge in [-0.15, -0.1) is 0 Å². The Morgan fingerprint density at radius 3 is 2.11 bits per heavy atom. The van der Waals surface area contributed by atoms with Gasteiger partial charge in [0.25, 0.3) is 0 Å². The Balaban J connectivity index is 2.67. The number of carboxylic acid groups (broad SMARTS) is 1. The normalized spacial score (nSPS) is 10.7. The molecule has 0 spiro atoms. The molecule has 0 aliphatic rings. The molecule has 0 unspecified atom stereocenters. The quantitative estimate of drug-likeness (QED) is 0.878. The molecule has 0 aliphatic heterocycles. The van der Waals surface area contributed by atoms with Crippen LogP contribution in [-0.4, -0.2) is 15.6 Å². The van der Waals surface area contributed by atoms with Gasteiger partial charge in [-0.1, -0.05) is 17.7 Å². The lowest BCUT2D eigenvalue weighted by Crippen LogP contribution is -2.04. The Bertz CT molecular complexity index is 600. The van der Waals surface area contributed by atoms with Crippen molar-refractivity contribution in [2.24, 2.45) is 0 Å². The molecular weight excluding hydrogens is 226 g/mol. The van der Waals surface area contributed by atoms with E-state index in [1.54, 1.807) is 6.07 Å². The Kier molecular flexibility index (Phi) is 2.99. The Morgan fingerprint density at radius 1 is 1.11 bits per heavy atom. The van der Waals surface area contributed by atoms with Crippen LogP contribution < -0.4 is 0 Å². The summed E-state index contributed by atoms with van der Waals surface area (Å²) in [4.78, 5) is 11.1. The van der Waals surface area contributed by atoms with Crippen molar-refractivity contribution in [3.8, 4) is 5.69 Å². The molecule has 2 rings (SSSR count). The average molecular weight is 243 g/mol. The molecule has 0 atom stereocenters. The van der Waals surface area contributed by atoms with Crippen LogP contribution in [0.1, 0.15) is 32.7 Å². The zero-order valence-corrected chi connectivity index (χ0v) is 11.1. The van der Waals surface area contributed by atoms with Crippen LogP contribution in [0.15, 0.2) is 24.4 Å². The van der Waals surface area contributed by atoms with Gasteiger partial charge in [0.15, 0.2) is 0 Å². The fraction of sp³-hybridized carbons (Fsp3) is 0.267. The van der Waals surface area contributed by atoms with Gasteiger partial charge >= 0.3 is 5.97 Å². The lowest BCUT2D eigenvalue weighted by Gasteiger charge is -2.14. The minimum atomic E-state index is -0.881. The van der Waals surface area contributed by atoms with Crippen molar-refractivity contribution in [3.05, 3.63) is 52.3 Å². The van der Waals surface area contributed by atoms with Gasteiger partial charge in [-0.2, -0.15) is 0 Å². The predicted octanol–water partition coefficient (Wildman–Crippen LogP) is 3.41. The molecule has 1 aromatic carbocycles. The maximum Gasteiger partial charge on any atom is 0.337 e. The second kappa shape index (κ2) is 4.33. The standard InChI is InChI=1S/C15H17NO2/c1-9-7-10(2)14(11(3)8-9)16-6-5-13(12(16)4)15(17)18/h5-8H,1-4H3,(H,17,18). The third-order valence-electron chi connectivity index (χ3n) is 3.25. The van der Waals surface area contributed by atoms with Crippen LogP contribution in [-0.2, 0) is 0 Å². The third-order valence-corrected chi connectivity index (χ3v) is 3.25. The molecule has 3 nitrogen and oxygen atoms in total. The van der Waals surface area contributed by atoms with Gasteiger partial charge in [0.2, 0.25) is 0 Å². The summed E-state index contributed by atoms with van der Waals surface area (Å²) in [5.74, 6) is -0.881. The lowest BCUT2D eigenvalue weighted by atomic mass is 10.0. The molecule has 1 aromatic heterocycles. The highest BCUT2D eigenvalue weighted by Crippen LogP contribution is 2.24. The maximum absolute atomic E-state index is 11.1. The van der Waals surface area contributed by atoms with E-state index in [1.807, 2.05) is 17.7 Å². The van der Waals surface area contributed by atoms with Gasteiger partial charge in [-0.25, -0.2) is 4.79 Å². The summed E-state index contributed by atoms with van der Waals surface area (Å²) in [6.45, 7) is 8.00. The largest absolute Gasteiger partial charge is 0.478 e. The molecular formula is C15H17NO2. The van der Waals surface area contributed by atoms with Crippen molar-refractivity contribution in [3.63, 3.8) is 0 Å². The summed E-state index contributed by atoms with van der Waals surface area (Å²) in [6.07, 6.45) is 1.82. The van der Waals surface area contributed by atoms with Gasteiger partial charge in [0.05, 0.1) is 11.3 Å². The number of aromatic carboxylic acids is 1. The number of aromatic nitrogens is 1. The third kappa shape index (κ3) is 1.92. The second-order valence-corrected chi connectivity index (χ2v) is 4.74. The van der Waals surface area contributed by atoms with E-state index in [-0.39, 0.29) is 0 Å². The average Bonchev–Trinajstić information content (AvgIpc) is 2.59. The smallest absolute Gasteiger partial charge is 0.337 e. The Morgan fingerprint density at radius 2 is 1.67 bits per heavy atom. The molecule has 0 radical (unpaired) electrons. The molecule has 3 heteroatoms. The highest BCUT2D eigenvalue weighted by atomic mass is 16.4. The van der Waals surface area contributed by atoms with Crippen molar-refractivity contribution >= 4 is 5.97 Å². The van der Waals surface area contributed by atoms with Crippen molar-refractivity contribution in [1.82, 2.24) is 4.57 Å². The molecule has 2 aromatic rings. The van der Waals surface area contributed by atoms with E-state index in [9.17, 15) is 4.79 Å². The second-order valence-electron chi connectivity index (χ2n) is 4.74. The summed E-state index contributed by atoms with van der Waals surface area (Å²) in [5, 5.41) is 9.10. The molecule has 0 amide bonds. The summed E-state index contributed by atoms with van der Waals surface area (Å²) >= 11 is 0. The van der Waals surface area contributed by atoms with Crippen LogP contribution in [0, 0.1) is 27.7 Å². The van der Waals surface area contributed by atoms with Crippen LogP contribution in [0.4, 0.5) is 0 Å². The van der Waals surface area contributed by atoms with Crippen LogP contribution in [0.3, 0.4) is 0 Å². The number of benzene rings is 1. The molecule has 94 valence electrons. The summed E-state index contributed by atoms with van der Waals surface area (Å²) in [5.41, 5.74) is 5.72. The minimum absolute atomic E-state index is 0.356. The zero-order chi connectivity index (χ0) is 13.4. The number of hydrogen-bond acceptors (Lipinski definition) is 1. The lowest BCUT2D eigenvalue weighted by molar-refractivity contribution is 0.0696. The van der Waals surface area contributed by atoms with E-state index in [0.717, 1.165) is 22.5 Å². The van der Waals surface area contributed by atoms with Crippen LogP contribution >= 0.6 is 0 Å². The van der Waals surface area contributed by atoms with Crippen LogP contribution in [0.5, 0.6) is 0 Å². The minimum Gasteiger partial charge on any atom is -0.478 e. The topological polar surface area (TPSA) is 42.2 Å². The van der Waals surface area contributed by atoms with E-state index in [1.165, 1.54) is 5.56 Å².